The molecule has 1 aromatic carbocycles. The maximum atomic E-state index is 12.6. The van der Waals surface area contributed by atoms with E-state index in [0.29, 0.717) is 24.7 Å². The van der Waals surface area contributed by atoms with E-state index in [-0.39, 0.29) is 6.03 Å². The summed E-state index contributed by atoms with van der Waals surface area (Å²) in [7, 11) is 0. The number of carbonyl (C=O) groups excluding carboxylic acids is 1. The predicted octanol–water partition coefficient (Wildman–Crippen LogP) is 4.24. The van der Waals surface area contributed by atoms with E-state index in [1.807, 2.05) is 42.3 Å². The highest BCUT2D eigenvalue weighted by Crippen LogP contribution is 2.23. The lowest BCUT2D eigenvalue weighted by Gasteiger charge is -2.34. The normalized spacial score (nSPS) is 14.3. The van der Waals surface area contributed by atoms with Gasteiger partial charge in [0.1, 0.15) is 5.75 Å². The molecule has 0 radical (unpaired) electrons. The van der Waals surface area contributed by atoms with Crippen molar-refractivity contribution < 1.29 is 9.53 Å². The summed E-state index contributed by atoms with van der Waals surface area (Å²) in [6, 6.07) is 13.4. The number of anilines is 1. The first-order valence-corrected chi connectivity index (χ1v) is 10.5. The van der Waals surface area contributed by atoms with E-state index in [9.17, 15) is 4.79 Å². The molecule has 3 aromatic rings. The third-order valence-electron chi connectivity index (χ3n) is 5.48. The Bertz CT molecular complexity index is 1020. The zero-order valence-electron chi connectivity index (χ0n) is 17.9. The van der Waals surface area contributed by atoms with Gasteiger partial charge in [-0.1, -0.05) is 12.1 Å². The second-order valence-corrected chi connectivity index (χ2v) is 7.79. The molecule has 2 aromatic heterocycles. The van der Waals surface area contributed by atoms with Gasteiger partial charge in [-0.25, -0.2) is 9.78 Å². The van der Waals surface area contributed by atoms with Crippen LogP contribution in [-0.4, -0.2) is 52.0 Å². The Hall–Kier alpha value is -3.45. The van der Waals surface area contributed by atoms with Crippen LogP contribution >= 0.6 is 0 Å². The van der Waals surface area contributed by atoms with Gasteiger partial charge in [-0.2, -0.15) is 0 Å². The number of pyridine rings is 2. The highest BCUT2D eigenvalue weighted by Gasteiger charge is 2.21. The topological polar surface area (TPSA) is 70.6 Å². The fraction of sp³-hybridized carbons (Fsp3) is 0.292. The molecular formula is C24H27N5O2. The van der Waals surface area contributed by atoms with Gasteiger partial charge in [0, 0.05) is 51.2 Å². The summed E-state index contributed by atoms with van der Waals surface area (Å²) < 4.78 is 5.81. The molecule has 3 heterocycles. The van der Waals surface area contributed by atoms with Crippen LogP contribution in [0.3, 0.4) is 0 Å². The second kappa shape index (κ2) is 9.57. The van der Waals surface area contributed by atoms with Gasteiger partial charge in [-0.15, -0.1) is 0 Å². The van der Waals surface area contributed by atoms with Crippen LogP contribution in [0.15, 0.2) is 61.1 Å². The molecule has 4 rings (SSSR count). The quantitative estimate of drug-likeness (QED) is 0.673. The molecule has 1 fully saturated rings. The Labute approximate surface area is 182 Å². The molecule has 1 aliphatic rings. The summed E-state index contributed by atoms with van der Waals surface area (Å²) in [5, 5.41) is 2.92. The molecule has 0 atom stereocenters. The number of amides is 2. The lowest BCUT2D eigenvalue weighted by atomic mass is 10.1. The first kappa shape index (κ1) is 20.8. The van der Waals surface area contributed by atoms with Crippen molar-refractivity contribution in [3.8, 4) is 11.6 Å². The molecule has 1 aliphatic heterocycles. The van der Waals surface area contributed by atoms with Gasteiger partial charge in [0.15, 0.2) is 0 Å². The van der Waals surface area contributed by atoms with Gasteiger partial charge in [0.25, 0.3) is 0 Å². The van der Waals surface area contributed by atoms with Gasteiger partial charge in [0.2, 0.25) is 5.88 Å². The fourth-order valence-corrected chi connectivity index (χ4v) is 3.47. The number of aromatic nitrogens is 2. The number of urea groups is 1. The molecule has 31 heavy (non-hydrogen) atoms. The van der Waals surface area contributed by atoms with Crippen molar-refractivity contribution >= 4 is 11.7 Å². The standard InChI is InChI=1S/C24H27N5O2/c1-18-5-7-22(14-19(18)2)31-23-8-6-21(16-26-23)27-24(30)29-12-10-28(11-13-29)17-20-4-3-9-25-15-20/h3-9,14-16H,10-13,17H2,1-2H3,(H,27,30). The summed E-state index contributed by atoms with van der Waals surface area (Å²) in [5.41, 5.74) is 4.23. The van der Waals surface area contributed by atoms with Gasteiger partial charge in [-0.3, -0.25) is 9.88 Å². The Kier molecular flexibility index (Phi) is 6.43. The molecule has 0 aliphatic carbocycles. The summed E-state index contributed by atoms with van der Waals surface area (Å²) in [4.78, 5) is 25.2. The van der Waals surface area contributed by atoms with Crippen molar-refractivity contribution in [2.75, 3.05) is 31.5 Å². The maximum Gasteiger partial charge on any atom is 0.321 e. The fourth-order valence-electron chi connectivity index (χ4n) is 3.47. The number of ether oxygens (including phenoxy) is 1. The van der Waals surface area contributed by atoms with Crippen molar-refractivity contribution in [3.63, 3.8) is 0 Å². The van der Waals surface area contributed by atoms with E-state index >= 15 is 0 Å². The average molecular weight is 418 g/mol. The number of hydrogen-bond donors (Lipinski definition) is 1. The van der Waals surface area contributed by atoms with E-state index in [4.69, 9.17) is 4.74 Å². The predicted molar refractivity (Wildman–Crippen MR) is 120 cm³/mol. The molecule has 0 saturated carbocycles. The first-order chi connectivity index (χ1) is 15.1. The van der Waals surface area contributed by atoms with Crippen molar-refractivity contribution in [1.82, 2.24) is 19.8 Å². The maximum absolute atomic E-state index is 12.6. The van der Waals surface area contributed by atoms with Crippen molar-refractivity contribution in [3.05, 3.63) is 77.7 Å². The van der Waals surface area contributed by atoms with Crippen LogP contribution in [0.5, 0.6) is 11.6 Å². The van der Waals surface area contributed by atoms with Crippen LogP contribution in [0.25, 0.3) is 0 Å². The van der Waals surface area contributed by atoms with Gasteiger partial charge < -0.3 is 15.0 Å². The Morgan fingerprint density at radius 3 is 2.55 bits per heavy atom. The first-order valence-electron chi connectivity index (χ1n) is 10.5. The number of nitrogens with zero attached hydrogens (tertiary/aromatic N) is 4. The third kappa shape index (κ3) is 5.58. The van der Waals surface area contributed by atoms with E-state index < -0.39 is 0 Å². The van der Waals surface area contributed by atoms with Gasteiger partial charge in [0.05, 0.1) is 11.9 Å². The molecule has 1 saturated heterocycles. The number of nitrogens with one attached hydrogen (secondary N) is 1. The molecule has 2 amide bonds. The summed E-state index contributed by atoms with van der Waals surface area (Å²) >= 11 is 0. The zero-order valence-corrected chi connectivity index (χ0v) is 17.9. The zero-order chi connectivity index (χ0) is 21.6. The number of aryl methyl sites for hydroxylation is 2. The highest BCUT2D eigenvalue weighted by atomic mass is 16.5. The van der Waals surface area contributed by atoms with E-state index in [1.54, 1.807) is 24.5 Å². The van der Waals surface area contributed by atoms with E-state index in [0.717, 1.165) is 25.4 Å². The van der Waals surface area contributed by atoms with Crippen LogP contribution in [-0.2, 0) is 6.54 Å². The van der Waals surface area contributed by atoms with Crippen molar-refractivity contribution in [2.45, 2.75) is 20.4 Å². The highest BCUT2D eigenvalue weighted by molar-refractivity contribution is 5.89. The molecular weight excluding hydrogens is 390 g/mol. The summed E-state index contributed by atoms with van der Waals surface area (Å²) in [6.07, 6.45) is 5.29. The third-order valence-corrected chi connectivity index (χ3v) is 5.48. The molecule has 0 bridgehead atoms. The number of hydrogen-bond acceptors (Lipinski definition) is 5. The molecule has 160 valence electrons. The lowest BCUT2D eigenvalue weighted by Crippen LogP contribution is -2.49. The molecule has 7 heteroatoms. The number of carbonyl (C=O) groups is 1. The van der Waals surface area contributed by atoms with Crippen molar-refractivity contribution in [2.24, 2.45) is 0 Å². The molecule has 7 nitrogen and oxygen atoms in total. The smallest absolute Gasteiger partial charge is 0.321 e. The number of benzene rings is 1. The van der Waals surface area contributed by atoms with E-state index in [1.165, 1.54) is 16.7 Å². The minimum atomic E-state index is -0.106. The largest absolute Gasteiger partial charge is 0.439 e. The van der Waals surface area contributed by atoms with Crippen LogP contribution in [0.2, 0.25) is 0 Å². The summed E-state index contributed by atoms with van der Waals surface area (Å²) in [6.45, 7) is 8.02. The number of piperazine rings is 1. The average Bonchev–Trinajstić information content (AvgIpc) is 2.79. The lowest BCUT2D eigenvalue weighted by molar-refractivity contribution is 0.143. The summed E-state index contributed by atoms with van der Waals surface area (Å²) in [5.74, 6) is 1.24. The molecule has 0 spiro atoms. The minimum Gasteiger partial charge on any atom is -0.439 e. The molecule has 1 N–H and O–H groups in total. The van der Waals surface area contributed by atoms with Crippen LogP contribution in [0.1, 0.15) is 16.7 Å². The molecule has 0 unspecified atom stereocenters. The minimum absolute atomic E-state index is 0.106. The van der Waals surface area contributed by atoms with Crippen LogP contribution in [0.4, 0.5) is 10.5 Å². The Morgan fingerprint density at radius 1 is 1.03 bits per heavy atom. The Balaban J connectivity index is 1.26. The monoisotopic (exact) mass is 417 g/mol. The van der Waals surface area contributed by atoms with Gasteiger partial charge >= 0.3 is 6.03 Å². The second-order valence-electron chi connectivity index (χ2n) is 7.79. The van der Waals surface area contributed by atoms with E-state index in [2.05, 4.69) is 33.2 Å². The SMILES string of the molecule is Cc1ccc(Oc2ccc(NC(=O)N3CCN(Cc4cccnc4)CC3)cn2)cc1C. The van der Waals surface area contributed by atoms with Crippen LogP contribution < -0.4 is 10.1 Å². The number of rotatable bonds is 5. The Morgan fingerprint density at radius 2 is 1.87 bits per heavy atom. The van der Waals surface area contributed by atoms with Crippen LogP contribution in [0, 0.1) is 13.8 Å². The van der Waals surface area contributed by atoms with Crippen molar-refractivity contribution in [1.29, 1.82) is 0 Å². The van der Waals surface area contributed by atoms with Gasteiger partial charge in [-0.05, 0) is 54.8 Å².